The molecular weight excluding hydrogens is 562 g/mol. The molecule has 0 bridgehead atoms. The molecule has 0 spiro atoms. The van der Waals surface area contributed by atoms with Crippen molar-refractivity contribution in [2.24, 2.45) is 0 Å². The van der Waals surface area contributed by atoms with Gasteiger partial charge in [0.15, 0.2) is 6.29 Å². The third-order valence-electron chi connectivity index (χ3n) is 6.65. The lowest BCUT2D eigenvalue weighted by Crippen LogP contribution is -2.31. The number of rotatable bonds is 10. The molecule has 4 aromatic rings. The van der Waals surface area contributed by atoms with E-state index in [0.29, 0.717) is 28.3 Å². The second-order valence-electron chi connectivity index (χ2n) is 9.50. The lowest BCUT2D eigenvalue weighted by Gasteiger charge is -2.36. The normalized spacial score (nSPS) is 19.0. The predicted molar refractivity (Wildman–Crippen MR) is 156 cm³/mol. The SMILES string of the molecule is O=C(O)c1ccccc1SC[C@@H]1C[C@H](c2ccc(CO)cc2)O[C@H](c2ccc(NS(=O)(=O)c3ccccc3)cc2)O1. The molecule has 8 nitrogen and oxygen atoms in total. The van der Waals surface area contributed by atoms with Crippen LogP contribution in [0.25, 0.3) is 0 Å². The predicted octanol–water partition coefficient (Wildman–Crippen LogP) is 6.02. The summed E-state index contributed by atoms with van der Waals surface area (Å²) in [7, 11) is -3.73. The minimum absolute atomic E-state index is 0.0554. The van der Waals surface area contributed by atoms with E-state index < -0.39 is 22.3 Å². The molecule has 0 aliphatic carbocycles. The van der Waals surface area contributed by atoms with Gasteiger partial charge in [0.05, 0.1) is 29.3 Å². The van der Waals surface area contributed by atoms with Gasteiger partial charge in [0, 0.05) is 28.3 Å². The Balaban J connectivity index is 1.35. The third-order valence-corrected chi connectivity index (χ3v) is 9.25. The van der Waals surface area contributed by atoms with Crippen LogP contribution in [0.1, 0.15) is 45.9 Å². The van der Waals surface area contributed by atoms with Crippen LogP contribution in [0.15, 0.2) is 113 Å². The van der Waals surface area contributed by atoms with Gasteiger partial charge in [-0.05, 0) is 47.5 Å². The number of ether oxygens (including phenoxy) is 2. The summed E-state index contributed by atoms with van der Waals surface area (Å²) in [6.45, 7) is -0.0554. The standard InChI is InChI=1S/C31H29NO7S2/c33-19-21-10-12-22(13-11-21)28-18-25(20-40-29-9-5-4-8-27(29)30(34)35)38-31(39-28)23-14-16-24(17-15-23)32-41(36,37)26-6-2-1-3-7-26/h1-17,25,28,31-33H,18-20H2,(H,34,35)/t25-,28+,31+/m0/s1. The summed E-state index contributed by atoms with van der Waals surface area (Å²) in [5.74, 6) is -0.478. The molecule has 0 amide bonds. The molecule has 5 rings (SSSR count). The Hall–Kier alpha value is -3.67. The zero-order valence-corrected chi connectivity index (χ0v) is 23.6. The van der Waals surface area contributed by atoms with E-state index in [2.05, 4.69) is 4.72 Å². The molecule has 1 aliphatic rings. The number of benzene rings is 4. The molecule has 0 unspecified atom stereocenters. The Morgan fingerprint density at radius 1 is 0.854 bits per heavy atom. The van der Waals surface area contributed by atoms with Crippen LogP contribution in [0, 0.1) is 0 Å². The molecule has 1 heterocycles. The van der Waals surface area contributed by atoms with Crippen molar-refractivity contribution in [2.45, 2.75) is 41.3 Å². The largest absolute Gasteiger partial charge is 0.478 e. The fourth-order valence-electron chi connectivity index (χ4n) is 4.50. The van der Waals surface area contributed by atoms with Gasteiger partial charge in [0.1, 0.15) is 0 Å². The number of carboxylic acid groups (broad SMARTS) is 1. The van der Waals surface area contributed by atoms with Gasteiger partial charge in [-0.3, -0.25) is 4.72 Å². The fraction of sp³-hybridized carbons (Fsp3) is 0.194. The second-order valence-corrected chi connectivity index (χ2v) is 12.2. The highest BCUT2D eigenvalue weighted by Crippen LogP contribution is 2.40. The first-order chi connectivity index (χ1) is 19.8. The maximum absolute atomic E-state index is 12.7. The highest BCUT2D eigenvalue weighted by Gasteiger charge is 2.32. The zero-order valence-electron chi connectivity index (χ0n) is 21.9. The van der Waals surface area contributed by atoms with Crippen LogP contribution in [0.3, 0.4) is 0 Å². The molecule has 3 atom stereocenters. The van der Waals surface area contributed by atoms with E-state index in [-0.39, 0.29) is 29.3 Å². The molecule has 0 aromatic heterocycles. The molecule has 1 fully saturated rings. The molecule has 1 saturated heterocycles. The van der Waals surface area contributed by atoms with Gasteiger partial charge >= 0.3 is 5.97 Å². The van der Waals surface area contributed by atoms with Crippen molar-refractivity contribution >= 4 is 33.4 Å². The maximum atomic E-state index is 12.7. The van der Waals surface area contributed by atoms with Gasteiger partial charge in [-0.1, -0.05) is 66.7 Å². The van der Waals surface area contributed by atoms with Crippen molar-refractivity contribution in [2.75, 3.05) is 10.5 Å². The molecular formula is C31H29NO7S2. The van der Waals surface area contributed by atoms with E-state index >= 15 is 0 Å². The van der Waals surface area contributed by atoms with Gasteiger partial charge in [-0.2, -0.15) is 0 Å². The number of nitrogens with one attached hydrogen (secondary N) is 1. The number of aliphatic hydroxyl groups is 1. The Labute approximate surface area is 243 Å². The molecule has 1 aliphatic heterocycles. The number of aliphatic hydroxyl groups excluding tert-OH is 1. The van der Waals surface area contributed by atoms with Crippen molar-refractivity contribution in [1.82, 2.24) is 0 Å². The average molecular weight is 592 g/mol. The first-order valence-corrected chi connectivity index (χ1v) is 15.4. The molecule has 3 N–H and O–H groups in total. The monoisotopic (exact) mass is 591 g/mol. The fourth-order valence-corrected chi connectivity index (χ4v) is 6.64. The van der Waals surface area contributed by atoms with E-state index in [1.165, 1.54) is 23.9 Å². The highest BCUT2D eigenvalue weighted by atomic mass is 32.2. The number of hydrogen-bond donors (Lipinski definition) is 3. The highest BCUT2D eigenvalue weighted by molar-refractivity contribution is 7.99. The van der Waals surface area contributed by atoms with E-state index in [1.807, 2.05) is 30.3 Å². The molecule has 212 valence electrons. The van der Waals surface area contributed by atoms with Gasteiger partial charge in [-0.25, -0.2) is 13.2 Å². The summed E-state index contributed by atoms with van der Waals surface area (Å²) >= 11 is 1.42. The Bertz CT molecular complexity index is 1580. The topological polar surface area (TPSA) is 122 Å². The van der Waals surface area contributed by atoms with Crippen LogP contribution in [-0.2, 0) is 26.1 Å². The smallest absolute Gasteiger partial charge is 0.336 e. The van der Waals surface area contributed by atoms with Crippen molar-refractivity contribution < 1.29 is 32.9 Å². The summed E-state index contributed by atoms with van der Waals surface area (Å²) in [5.41, 5.74) is 3.09. The maximum Gasteiger partial charge on any atom is 0.336 e. The van der Waals surface area contributed by atoms with E-state index in [4.69, 9.17) is 9.47 Å². The van der Waals surface area contributed by atoms with Crippen LogP contribution >= 0.6 is 11.8 Å². The quantitative estimate of drug-likeness (QED) is 0.192. The summed E-state index contributed by atoms with van der Waals surface area (Å²) in [5, 5.41) is 19.0. The first-order valence-electron chi connectivity index (χ1n) is 13.0. The minimum atomic E-state index is -3.73. The summed E-state index contributed by atoms with van der Waals surface area (Å²) in [6.07, 6.45) is -0.754. The molecule has 10 heteroatoms. The number of carbonyl (C=O) groups is 1. The van der Waals surface area contributed by atoms with E-state index in [9.17, 15) is 23.4 Å². The number of thioether (sulfide) groups is 1. The van der Waals surface area contributed by atoms with E-state index in [0.717, 1.165) is 11.1 Å². The lowest BCUT2D eigenvalue weighted by molar-refractivity contribution is -0.245. The van der Waals surface area contributed by atoms with Crippen molar-refractivity contribution in [3.63, 3.8) is 0 Å². The molecule has 0 radical (unpaired) electrons. The van der Waals surface area contributed by atoms with Gasteiger partial charge in [0.25, 0.3) is 10.0 Å². The summed E-state index contributed by atoms with van der Waals surface area (Å²) in [4.78, 5) is 12.5. The van der Waals surface area contributed by atoms with E-state index in [1.54, 1.807) is 60.7 Å². The van der Waals surface area contributed by atoms with Crippen LogP contribution in [0.5, 0.6) is 0 Å². The number of sulfonamides is 1. The number of carboxylic acids is 1. The van der Waals surface area contributed by atoms with Crippen LogP contribution in [0.4, 0.5) is 5.69 Å². The average Bonchev–Trinajstić information content (AvgIpc) is 3.00. The number of hydrogen-bond acceptors (Lipinski definition) is 7. The number of anilines is 1. The van der Waals surface area contributed by atoms with Crippen LogP contribution in [-0.4, -0.2) is 36.5 Å². The number of aromatic carboxylic acids is 1. The molecule has 4 aromatic carbocycles. The van der Waals surface area contributed by atoms with Crippen molar-refractivity contribution in [3.05, 3.63) is 125 Å². The third kappa shape index (κ3) is 7.16. The van der Waals surface area contributed by atoms with Gasteiger partial charge in [0.2, 0.25) is 0 Å². The van der Waals surface area contributed by atoms with Gasteiger partial charge in [-0.15, -0.1) is 11.8 Å². The molecule has 0 saturated carbocycles. The minimum Gasteiger partial charge on any atom is -0.478 e. The first kappa shape index (κ1) is 28.8. The summed E-state index contributed by atoms with van der Waals surface area (Å²) in [6, 6.07) is 29.4. The van der Waals surface area contributed by atoms with Crippen LogP contribution < -0.4 is 4.72 Å². The Kier molecular flexibility index (Phi) is 9.06. The zero-order chi connectivity index (χ0) is 28.8. The van der Waals surface area contributed by atoms with Crippen molar-refractivity contribution in [1.29, 1.82) is 0 Å². The lowest BCUT2D eigenvalue weighted by atomic mass is 10.0. The van der Waals surface area contributed by atoms with Crippen LogP contribution in [0.2, 0.25) is 0 Å². The second kappa shape index (κ2) is 12.9. The molecule has 41 heavy (non-hydrogen) atoms. The van der Waals surface area contributed by atoms with Crippen molar-refractivity contribution in [3.8, 4) is 0 Å². The van der Waals surface area contributed by atoms with Gasteiger partial charge < -0.3 is 19.7 Å². The summed E-state index contributed by atoms with van der Waals surface area (Å²) < 4.78 is 40.7. The Morgan fingerprint density at radius 3 is 2.20 bits per heavy atom. The Morgan fingerprint density at radius 2 is 1.51 bits per heavy atom.